The maximum absolute atomic E-state index is 5.83. The predicted molar refractivity (Wildman–Crippen MR) is 60.4 cm³/mol. The summed E-state index contributed by atoms with van der Waals surface area (Å²) in [5.41, 5.74) is 6.71. The molecule has 0 spiro atoms. The summed E-state index contributed by atoms with van der Waals surface area (Å²) in [6, 6.07) is 8.00. The molecule has 0 saturated heterocycles. The zero-order valence-corrected chi connectivity index (χ0v) is 9.28. The molecule has 0 bridgehead atoms. The van der Waals surface area contributed by atoms with Gasteiger partial charge in [-0.2, -0.15) is 0 Å². The summed E-state index contributed by atoms with van der Waals surface area (Å²) >= 11 is 0. The largest absolute Gasteiger partial charge is 0.482 e. The van der Waals surface area contributed by atoms with E-state index in [9.17, 15) is 0 Å². The van der Waals surface area contributed by atoms with Gasteiger partial charge in [0.05, 0.1) is 6.54 Å². The number of aromatic nitrogens is 4. The standard InChI is InChI=1S/C11H13N5O/c12-5-6-16-11(13-14-15-16)10-7-8-3-1-2-4-9(8)17-10/h1-4,10H,5-7,12H2. The van der Waals surface area contributed by atoms with Crippen molar-refractivity contribution in [1.82, 2.24) is 20.2 Å². The van der Waals surface area contributed by atoms with E-state index >= 15 is 0 Å². The third-order valence-corrected chi connectivity index (χ3v) is 2.84. The zero-order valence-electron chi connectivity index (χ0n) is 9.28. The Morgan fingerprint density at radius 3 is 3.12 bits per heavy atom. The van der Waals surface area contributed by atoms with Crippen molar-refractivity contribution in [2.75, 3.05) is 6.54 Å². The number of fused-ring (bicyclic) bond motifs is 1. The topological polar surface area (TPSA) is 78.9 Å². The lowest BCUT2D eigenvalue weighted by Gasteiger charge is -2.09. The first-order valence-corrected chi connectivity index (χ1v) is 5.59. The van der Waals surface area contributed by atoms with Crippen molar-refractivity contribution in [3.63, 3.8) is 0 Å². The number of ether oxygens (including phenoxy) is 1. The van der Waals surface area contributed by atoms with Gasteiger partial charge < -0.3 is 10.5 Å². The van der Waals surface area contributed by atoms with Crippen LogP contribution in [0.25, 0.3) is 0 Å². The lowest BCUT2D eigenvalue weighted by molar-refractivity contribution is 0.219. The van der Waals surface area contributed by atoms with E-state index < -0.39 is 0 Å². The lowest BCUT2D eigenvalue weighted by Crippen LogP contribution is -2.18. The van der Waals surface area contributed by atoms with E-state index in [2.05, 4.69) is 21.6 Å². The van der Waals surface area contributed by atoms with Gasteiger partial charge in [0.1, 0.15) is 5.75 Å². The van der Waals surface area contributed by atoms with Gasteiger partial charge in [-0.25, -0.2) is 4.68 Å². The number of benzene rings is 1. The van der Waals surface area contributed by atoms with Gasteiger partial charge in [0.15, 0.2) is 11.9 Å². The molecule has 1 unspecified atom stereocenters. The Bertz CT molecular complexity index is 499. The van der Waals surface area contributed by atoms with Crippen LogP contribution in [-0.2, 0) is 13.0 Å². The van der Waals surface area contributed by atoms with E-state index in [4.69, 9.17) is 10.5 Å². The second-order valence-electron chi connectivity index (χ2n) is 3.97. The Labute approximate surface area is 98.4 Å². The summed E-state index contributed by atoms with van der Waals surface area (Å²) in [5, 5.41) is 11.6. The third-order valence-electron chi connectivity index (χ3n) is 2.84. The number of nitrogens with zero attached hydrogens (tertiary/aromatic N) is 4. The van der Waals surface area contributed by atoms with E-state index in [1.165, 1.54) is 5.56 Å². The number of nitrogens with two attached hydrogens (primary N) is 1. The van der Waals surface area contributed by atoms with Gasteiger partial charge >= 0.3 is 0 Å². The molecule has 0 fully saturated rings. The van der Waals surface area contributed by atoms with Crippen LogP contribution in [0.15, 0.2) is 24.3 Å². The molecule has 0 radical (unpaired) electrons. The summed E-state index contributed by atoms with van der Waals surface area (Å²) in [7, 11) is 0. The molecule has 6 heteroatoms. The van der Waals surface area contributed by atoms with Crippen LogP contribution in [0, 0.1) is 0 Å². The van der Waals surface area contributed by atoms with Crippen LogP contribution in [0.5, 0.6) is 5.75 Å². The molecule has 2 aromatic rings. The highest BCUT2D eigenvalue weighted by molar-refractivity contribution is 5.37. The van der Waals surface area contributed by atoms with Crippen LogP contribution in [-0.4, -0.2) is 26.8 Å². The van der Waals surface area contributed by atoms with E-state index in [0.29, 0.717) is 13.1 Å². The van der Waals surface area contributed by atoms with Crippen LogP contribution in [0.1, 0.15) is 17.5 Å². The van der Waals surface area contributed by atoms with Gasteiger partial charge in [0.25, 0.3) is 0 Å². The van der Waals surface area contributed by atoms with Crippen molar-refractivity contribution in [1.29, 1.82) is 0 Å². The van der Waals surface area contributed by atoms with Gasteiger partial charge in [-0.05, 0) is 22.1 Å². The van der Waals surface area contributed by atoms with Gasteiger partial charge in [-0.1, -0.05) is 18.2 Å². The minimum atomic E-state index is -0.103. The second kappa shape index (κ2) is 4.14. The fourth-order valence-corrected chi connectivity index (χ4v) is 2.05. The summed E-state index contributed by atoms with van der Waals surface area (Å²) in [6.07, 6.45) is 0.704. The molecule has 2 heterocycles. The molecule has 88 valence electrons. The number of tetrazole rings is 1. The Kier molecular flexibility index (Phi) is 2.49. The molecule has 1 aromatic carbocycles. The number of para-hydroxylation sites is 1. The van der Waals surface area contributed by atoms with Crippen LogP contribution in [0.4, 0.5) is 0 Å². The molecule has 2 N–H and O–H groups in total. The third kappa shape index (κ3) is 1.76. The lowest BCUT2D eigenvalue weighted by atomic mass is 10.1. The van der Waals surface area contributed by atoms with Crippen molar-refractivity contribution in [2.24, 2.45) is 5.73 Å². The highest BCUT2D eigenvalue weighted by Gasteiger charge is 2.28. The maximum Gasteiger partial charge on any atom is 0.192 e. The molecule has 1 atom stereocenters. The monoisotopic (exact) mass is 231 g/mol. The Hall–Kier alpha value is -1.95. The average molecular weight is 231 g/mol. The molecule has 1 aliphatic rings. The van der Waals surface area contributed by atoms with Crippen molar-refractivity contribution < 1.29 is 4.74 Å². The molecular formula is C11H13N5O. The fraction of sp³-hybridized carbons (Fsp3) is 0.364. The minimum absolute atomic E-state index is 0.103. The van der Waals surface area contributed by atoms with Crippen LogP contribution < -0.4 is 10.5 Å². The van der Waals surface area contributed by atoms with Crippen LogP contribution in [0.2, 0.25) is 0 Å². The number of hydrogen-bond donors (Lipinski definition) is 1. The first kappa shape index (κ1) is 10.2. The first-order chi connectivity index (χ1) is 8.38. The Morgan fingerprint density at radius 2 is 2.29 bits per heavy atom. The molecule has 6 nitrogen and oxygen atoms in total. The van der Waals surface area contributed by atoms with Crippen molar-refractivity contribution in [3.05, 3.63) is 35.7 Å². The maximum atomic E-state index is 5.83. The number of hydrogen-bond acceptors (Lipinski definition) is 5. The Morgan fingerprint density at radius 1 is 1.41 bits per heavy atom. The highest BCUT2D eigenvalue weighted by atomic mass is 16.5. The van der Waals surface area contributed by atoms with Gasteiger partial charge in [0.2, 0.25) is 0 Å². The zero-order chi connectivity index (χ0) is 11.7. The van der Waals surface area contributed by atoms with Crippen LogP contribution >= 0.6 is 0 Å². The molecular weight excluding hydrogens is 218 g/mol. The molecule has 0 aliphatic carbocycles. The number of rotatable bonds is 3. The quantitative estimate of drug-likeness (QED) is 0.822. The molecule has 0 saturated carbocycles. The van der Waals surface area contributed by atoms with Crippen molar-refractivity contribution >= 4 is 0 Å². The second-order valence-corrected chi connectivity index (χ2v) is 3.97. The Balaban J connectivity index is 1.86. The summed E-state index contributed by atoms with van der Waals surface area (Å²) in [4.78, 5) is 0. The van der Waals surface area contributed by atoms with Crippen molar-refractivity contribution in [2.45, 2.75) is 19.1 Å². The summed E-state index contributed by atoms with van der Waals surface area (Å²) in [6.45, 7) is 1.12. The van der Waals surface area contributed by atoms with E-state index in [1.807, 2.05) is 18.2 Å². The molecule has 1 aromatic heterocycles. The molecule has 1 aliphatic heterocycles. The normalized spacial score (nSPS) is 17.8. The molecule has 3 rings (SSSR count). The predicted octanol–water partition coefficient (Wildman–Crippen LogP) is 0.308. The highest BCUT2D eigenvalue weighted by Crippen LogP contribution is 2.35. The SMILES string of the molecule is NCCn1nnnc1C1Cc2ccccc2O1. The molecule has 0 amide bonds. The van der Waals surface area contributed by atoms with Gasteiger partial charge in [-0.3, -0.25) is 0 Å². The van der Waals surface area contributed by atoms with Gasteiger partial charge in [0, 0.05) is 13.0 Å². The summed E-state index contributed by atoms with van der Waals surface area (Å²) in [5.74, 6) is 1.66. The average Bonchev–Trinajstić information content (AvgIpc) is 2.94. The molecule has 17 heavy (non-hydrogen) atoms. The van der Waals surface area contributed by atoms with Crippen molar-refractivity contribution in [3.8, 4) is 5.75 Å². The fourth-order valence-electron chi connectivity index (χ4n) is 2.05. The first-order valence-electron chi connectivity index (χ1n) is 5.59. The minimum Gasteiger partial charge on any atom is -0.482 e. The van der Waals surface area contributed by atoms with E-state index in [1.54, 1.807) is 4.68 Å². The van der Waals surface area contributed by atoms with E-state index in [0.717, 1.165) is 18.0 Å². The summed E-state index contributed by atoms with van der Waals surface area (Å²) < 4.78 is 7.54. The smallest absolute Gasteiger partial charge is 0.192 e. The van der Waals surface area contributed by atoms with Gasteiger partial charge in [-0.15, -0.1) is 5.10 Å². The van der Waals surface area contributed by atoms with Crippen LogP contribution in [0.3, 0.4) is 0 Å². The van der Waals surface area contributed by atoms with E-state index in [-0.39, 0.29) is 6.10 Å².